The molecule has 1 heterocycles. The monoisotopic (exact) mass is 292 g/mol. The van der Waals surface area contributed by atoms with Crippen LogP contribution in [0, 0.1) is 5.41 Å². The van der Waals surface area contributed by atoms with Gasteiger partial charge in [-0.05, 0) is 34.2 Å². The predicted molar refractivity (Wildman–Crippen MR) is 55.4 cm³/mol. The van der Waals surface area contributed by atoms with E-state index in [9.17, 15) is 0 Å². The molecule has 1 aliphatic rings. The van der Waals surface area contributed by atoms with E-state index in [4.69, 9.17) is 0 Å². The maximum Gasteiger partial charge on any atom is 0.0632 e. The van der Waals surface area contributed by atoms with E-state index >= 15 is 0 Å². The van der Waals surface area contributed by atoms with Crippen LogP contribution >= 0.6 is 31.9 Å². The molecule has 1 aliphatic carbocycles. The second kappa shape index (κ2) is 3.14. The Morgan fingerprint density at radius 1 is 1.58 bits per heavy atom. The summed E-state index contributed by atoms with van der Waals surface area (Å²) in [6.07, 6.45) is 6.53. The summed E-state index contributed by atoms with van der Waals surface area (Å²) in [5.74, 6) is 0. The van der Waals surface area contributed by atoms with Crippen LogP contribution in [-0.4, -0.2) is 15.1 Å². The van der Waals surface area contributed by atoms with E-state index in [0.29, 0.717) is 5.41 Å². The first kappa shape index (κ1) is 8.75. The highest BCUT2D eigenvalue weighted by molar-refractivity contribution is 9.10. The van der Waals surface area contributed by atoms with Gasteiger partial charge in [0.25, 0.3) is 0 Å². The zero-order chi connectivity index (χ0) is 8.60. The van der Waals surface area contributed by atoms with Gasteiger partial charge in [-0.2, -0.15) is 5.10 Å². The van der Waals surface area contributed by atoms with E-state index in [2.05, 4.69) is 37.0 Å². The average molecular weight is 294 g/mol. The molecule has 1 aromatic rings. The Kier molecular flexibility index (Phi) is 2.29. The van der Waals surface area contributed by atoms with Crippen molar-refractivity contribution in [3.8, 4) is 0 Å². The number of hydrogen-bond donors (Lipinski definition) is 0. The van der Waals surface area contributed by atoms with Crippen molar-refractivity contribution >= 4 is 31.9 Å². The third-order valence-corrected chi connectivity index (χ3v) is 3.94. The van der Waals surface area contributed by atoms with Gasteiger partial charge in [0.15, 0.2) is 0 Å². The minimum atomic E-state index is 0.505. The Labute approximate surface area is 88.6 Å². The largest absolute Gasteiger partial charge is 0.271 e. The van der Waals surface area contributed by atoms with Crippen LogP contribution in [0.2, 0.25) is 0 Å². The molecule has 0 radical (unpaired) electrons. The fourth-order valence-corrected chi connectivity index (χ4v) is 2.35. The Balaban J connectivity index is 2.04. The van der Waals surface area contributed by atoms with Crippen molar-refractivity contribution in [1.29, 1.82) is 0 Å². The molecule has 0 unspecified atom stereocenters. The minimum absolute atomic E-state index is 0.505. The summed E-state index contributed by atoms with van der Waals surface area (Å²) in [5.41, 5.74) is 0.505. The first-order valence-electron chi connectivity index (χ1n) is 3.98. The Hall–Kier alpha value is 0.170. The lowest BCUT2D eigenvalue weighted by Gasteiger charge is -2.10. The number of alkyl halides is 1. The predicted octanol–water partition coefficient (Wildman–Crippen LogP) is 2.82. The topological polar surface area (TPSA) is 17.8 Å². The quantitative estimate of drug-likeness (QED) is 0.784. The lowest BCUT2D eigenvalue weighted by molar-refractivity contribution is 0.442. The van der Waals surface area contributed by atoms with Gasteiger partial charge in [0.1, 0.15) is 0 Å². The van der Waals surface area contributed by atoms with Crippen LogP contribution < -0.4 is 0 Å². The van der Waals surface area contributed by atoms with Crippen molar-refractivity contribution in [2.75, 3.05) is 5.33 Å². The SMILES string of the molecule is BrCC1(Cn2cc(Br)cn2)CC1. The normalized spacial score (nSPS) is 19.5. The molecule has 0 aromatic carbocycles. The van der Waals surface area contributed by atoms with Gasteiger partial charge < -0.3 is 0 Å². The van der Waals surface area contributed by atoms with Gasteiger partial charge in [0.05, 0.1) is 10.7 Å². The van der Waals surface area contributed by atoms with Gasteiger partial charge >= 0.3 is 0 Å². The van der Waals surface area contributed by atoms with Crippen molar-refractivity contribution < 1.29 is 0 Å². The first-order chi connectivity index (χ1) is 5.74. The second-order valence-electron chi connectivity index (χ2n) is 3.49. The lowest BCUT2D eigenvalue weighted by Crippen LogP contribution is -2.13. The number of nitrogens with zero attached hydrogens (tertiary/aromatic N) is 2. The smallest absolute Gasteiger partial charge is 0.0632 e. The summed E-state index contributed by atoms with van der Waals surface area (Å²) >= 11 is 6.93. The van der Waals surface area contributed by atoms with E-state index in [1.165, 1.54) is 12.8 Å². The number of aromatic nitrogens is 2. The van der Waals surface area contributed by atoms with Crippen molar-refractivity contribution in [3.05, 3.63) is 16.9 Å². The first-order valence-corrected chi connectivity index (χ1v) is 5.89. The second-order valence-corrected chi connectivity index (χ2v) is 4.97. The molecule has 12 heavy (non-hydrogen) atoms. The molecule has 0 bridgehead atoms. The number of halogens is 2. The van der Waals surface area contributed by atoms with Crippen molar-refractivity contribution in [2.45, 2.75) is 19.4 Å². The molecule has 0 saturated heterocycles. The van der Waals surface area contributed by atoms with E-state index in [1.807, 2.05) is 17.1 Å². The Bertz CT molecular complexity index is 278. The highest BCUT2D eigenvalue weighted by Crippen LogP contribution is 2.48. The molecule has 4 heteroatoms. The minimum Gasteiger partial charge on any atom is -0.271 e. The molecule has 66 valence electrons. The van der Waals surface area contributed by atoms with Crippen LogP contribution in [0.4, 0.5) is 0 Å². The van der Waals surface area contributed by atoms with Gasteiger partial charge in [0, 0.05) is 18.1 Å². The zero-order valence-corrected chi connectivity index (χ0v) is 9.81. The van der Waals surface area contributed by atoms with Crippen LogP contribution in [0.15, 0.2) is 16.9 Å². The zero-order valence-electron chi connectivity index (χ0n) is 6.63. The van der Waals surface area contributed by atoms with Gasteiger partial charge in [-0.25, -0.2) is 0 Å². The standard InChI is InChI=1S/C8H10Br2N2/c9-5-8(1-2-8)6-12-4-7(10)3-11-12/h3-4H,1-2,5-6H2. The summed E-state index contributed by atoms with van der Waals surface area (Å²) in [6.45, 7) is 1.05. The number of rotatable bonds is 3. The molecule has 0 spiro atoms. The molecule has 0 aliphatic heterocycles. The van der Waals surface area contributed by atoms with E-state index in [1.54, 1.807) is 0 Å². The lowest BCUT2D eigenvalue weighted by atomic mass is 10.1. The van der Waals surface area contributed by atoms with Crippen molar-refractivity contribution in [1.82, 2.24) is 9.78 Å². The van der Waals surface area contributed by atoms with Gasteiger partial charge in [-0.1, -0.05) is 15.9 Å². The van der Waals surface area contributed by atoms with E-state index in [-0.39, 0.29) is 0 Å². The van der Waals surface area contributed by atoms with Gasteiger partial charge in [-0.3, -0.25) is 4.68 Å². The van der Waals surface area contributed by atoms with Gasteiger partial charge in [0.2, 0.25) is 0 Å². The summed E-state index contributed by atoms with van der Waals surface area (Å²) in [4.78, 5) is 0. The molecule has 1 saturated carbocycles. The summed E-state index contributed by atoms with van der Waals surface area (Å²) in [7, 11) is 0. The maximum atomic E-state index is 4.24. The summed E-state index contributed by atoms with van der Waals surface area (Å²) in [6, 6.07) is 0. The number of hydrogen-bond acceptors (Lipinski definition) is 1. The molecular formula is C8H10Br2N2. The molecule has 0 N–H and O–H groups in total. The molecule has 2 rings (SSSR count). The molecule has 2 nitrogen and oxygen atoms in total. The average Bonchev–Trinajstić information content (AvgIpc) is 2.71. The third kappa shape index (κ3) is 1.74. The fourth-order valence-electron chi connectivity index (χ4n) is 1.28. The summed E-state index contributed by atoms with van der Waals surface area (Å²) in [5, 5.41) is 5.33. The third-order valence-electron chi connectivity index (χ3n) is 2.34. The molecule has 1 aromatic heterocycles. The molecule has 0 amide bonds. The summed E-state index contributed by atoms with van der Waals surface area (Å²) < 4.78 is 3.08. The molecule has 1 fully saturated rings. The molecular weight excluding hydrogens is 284 g/mol. The van der Waals surface area contributed by atoms with Crippen LogP contribution in [-0.2, 0) is 6.54 Å². The highest BCUT2D eigenvalue weighted by atomic mass is 79.9. The van der Waals surface area contributed by atoms with Gasteiger partial charge in [-0.15, -0.1) is 0 Å². The highest BCUT2D eigenvalue weighted by Gasteiger charge is 2.41. The maximum absolute atomic E-state index is 4.24. The van der Waals surface area contributed by atoms with Crippen molar-refractivity contribution in [3.63, 3.8) is 0 Å². The van der Waals surface area contributed by atoms with E-state index in [0.717, 1.165) is 16.3 Å². The Morgan fingerprint density at radius 2 is 2.33 bits per heavy atom. The Morgan fingerprint density at radius 3 is 2.75 bits per heavy atom. The van der Waals surface area contributed by atoms with Crippen LogP contribution in [0.1, 0.15) is 12.8 Å². The molecule has 0 atom stereocenters. The van der Waals surface area contributed by atoms with Crippen molar-refractivity contribution in [2.24, 2.45) is 5.41 Å². The van der Waals surface area contributed by atoms with Crippen LogP contribution in [0.5, 0.6) is 0 Å². The van der Waals surface area contributed by atoms with E-state index < -0.39 is 0 Å². The van der Waals surface area contributed by atoms with Crippen LogP contribution in [0.25, 0.3) is 0 Å². The fraction of sp³-hybridized carbons (Fsp3) is 0.625. The van der Waals surface area contributed by atoms with Crippen LogP contribution in [0.3, 0.4) is 0 Å².